The van der Waals surface area contributed by atoms with Crippen LogP contribution in [-0.4, -0.2) is 30.7 Å². The van der Waals surface area contributed by atoms with Crippen molar-refractivity contribution in [3.63, 3.8) is 0 Å². The van der Waals surface area contributed by atoms with Crippen LogP contribution in [0, 0.1) is 5.92 Å². The Morgan fingerprint density at radius 2 is 1.00 bits per heavy atom. The van der Waals surface area contributed by atoms with Crippen molar-refractivity contribution in [1.82, 2.24) is 9.95 Å². The number of ether oxygens (including phenoxy) is 1. The molecular weight excluding hydrogens is 825 g/mol. The fourth-order valence-electron chi connectivity index (χ4n) is 9.13. The van der Waals surface area contributed by atoms with Crippen molar-refractivity contribution >= 4 is 26.2 Å². The van der Waals surface area contributed by atoms with Gasteiger partial charge in [0, 0.05) is 0 Å². The monoisotopic (exact) mass is 929 g/mol. The van der Waals surface area contributed by atoms with Crippen molar-refractivity contribution in [3.05, 3.63) is 35.9 Å². The minimum absolute atomic E-state index is 0.0333. The molecule has 9 heteroatoms. The van der Waals surface area contributed by atoms with Crippen LogP contribution in [0.25, 0.3) is 0 Å². The largest absolute Gasteiger partial charge is 0.469 e. The molecular formula is C55H104N4O3SSi. The van der Waals surface area contributed by atoms with E-state index in [0.29, 0.717) is 0 Å². The smallest absolute Gasteiger partial charge is 0.312 e. The predicted molar refractivity (Wildman–Crippen MR) is 281 cm³/mol. The molecule has 0 spiro atoms. The molecule has 0 radical (unpaired) electrons. The topological polar surface area (TPSA) is 75.5 Å². The van der Waals surface area contributed by atoms with Crippen LogP contribution in [0.5, 0.6) is 0 Å². The second-order valence-corrected chi connectivity index (χ2v) is 27.1. The molecule has 0 bridgehead atoms. The second kappa shape index (κ2) is 36.6. The molecule has 3 atom stereocenters. The molecule has 64 heavy (non-hydrogen) atoms. The number of hydrazine groups is 1. The second-order valence-electron chi connectivity index (χ2n) is 21.1. The number of methoxy groups -OCH3 is 1. The maximum absolute atomic E-state index is 14.2. The molecule has 1 heterocycles. The highest BCUT2D eigenvalue weighted by Crippen LogP contribution is 2.52. The summed E-state index contributed by atoms with van der Waals surface area (Å²) in [5.41, 5.74) is 4.27. The number of rotatable bonds is 43. The average molecular weight is 930 g/mol. The number of carbonyl (C=O) groups is 1. The zero-order chi connectivity index (χ0) is 46.6. The van der Waals surface area contributed by atoms with E-state index in [1.54, 1.807) is 19.1 Å². The van der Waals surface area contributed by atoms with E-state index in [9.17, 15) is 4.79 Å². The number of hydrogen-bond donors (Lipinski definition) is 1. The number of unbranched alkanes of at least 4 members (excludes halogenated alkanes) is 32. The first-order valence-corrected chi connectivity index (χ1v) is 31.2. The van der Waals surface area contributed by atoms with Gasteiger partial charge >= 0.3 is 5.97 Å². The molecule has 372 valence electrons. The Labute approximate surface area is 402 Å². The van der Waals surface area contributed by atoms with Gasteiger partial charge in [0.15, 0.2) is 14.5 Å². The van der Waals surface area contributed by atoms with Gasteiger partial charge in [-0.25, -0.2) is 5.53 Å². The highest BCUT2D eigenvalue weighted by Gasteiger charge is 2.53. The van der Waals surface area contributed by atoms with Gasteiger partial charge in [-0.2, -0.15) is 0 Å². The van der Waals surface area contributed by atoms with Crippen molar-refractivity contribution in [2.75, 3.05) is 7.11 Å². The lowest BCUT2D eigenvalue weighted by atomic mass is 9.90. The van der Waals surface area contributed by atoms with Crippen LogP contribution in [-0.2, 0) is 14.0 Å². The number of carbonyl (C=O) groups excluding carboxylic acids is 1. The fraction of sp³-hybridized carbons (Fsp3) is 0.873. The van der Waals surface area contributed by atoms with Crippen molar-refractivity contribution in [2.24, 2.45) is 16.3 Å². The summed E-state index contributed by atoms with van der Waals surface area (Å²) in [6.45, 7) is 16.2. The van der Waals surface area contributed by atoms with E-state index in [0.717, 1.165) is 44.1 Å². The maximum Gasteiger partial charge on any atom is 0.312 e. The normalized spacial score (nSPS) is 16.0. The fourth-order valence-corrected chi connectivity index (χ4v) is 12.6. The third-order valence-electron chi connectivity index (χ3n) is 14.4. The molecule has 0 aromatic heterocycles. The molecule has 0 saturated heterocycles. The number of nitrogens with zero attached hydrogens (tertiary/aromatic N) is 3. The quantitative estimate of drug-likeness (QED) is 0.0231. The Bertz CT molecular complexity index is 1280. The summed E-state index contributed by atoms with van der Waals surface area (Å²) in [6.07, 6.45) is 46.8. The first kappa shape index (κ1) is 58.7. The summed E-state index contributed by atoms with van der Waals surface area (Å²) in [4.78, 5) is 13.4. The third-order valence-corrected chi connectivity index (χ3v) is 20.4. The SMILES string of the molecule is CCCCCCCCCCCCCCCCCCCCCCCCC(C(=O)OC)[C@](CCCCCCCCCCCCCC)(O[Si](C)(C)C(C)(C)C)SN1NN=N[C@H]1c1ccccc1. The summed E-state index contributed by atoms with van der Waals surface area (Å²) in [6, 6.07) is 10.3. The number of benzene rings is 1. The van der Waals surface area contributed by atoms with E-state index in [1.165, 1.54) is 193 Å². The highest BCUT2D eigenvalue weighted by atomic mass is 32.2. The molecule has 1 unspecified atom stereocenters. The Balaban J connectivity index is 1.94. The van der Waals surface area contributed by atoms with Gasteiger partial charge in [-0.3, -0.25) is 4.79 Å². The minimum Gasteiger partial charge on any atom is -0.469 e. The van der Waals surface area contributed by atoms with Crippen LogP contribution < -0.4 is 5.53 Å². The summed E-state index contributed by atoms with van der Waals surface area (Å²) in [5, 5.41) is 8.91. The summed E-state index contributed by atoms with van der Waals surface area (Å²) in [5.74, 6) is -0.564. The number of esters is 1. The van der Waals surface area contributed by atoms with Gasteiger partial charge in [0.1, 0.15) is 4.93 Å². The van der Waals surface area contributed by atoms with Crippen LogP contribution in [0.2, 0.25) is 18.1 Å². The van der Waals surface area contributed by atoms with E-state index in [4.69, 9.17) is 9.16 Å². The van der Waals surface area contributed by atoms with Gasteiger partial charge in [0.25, 0.3) is 0 Å². The number of nitrogens with one attached hydrogen (secondary N) is 1. The van der Waals surface area contributed by atoms with Crippen LogP contribution in [0.3, 0.4) is 0 Å². The van der Waals surface area contributed by atoms with E-state index < -0.39 is 19.2 Å². The maximum atomic E-state index is 14.2. The van der Waals surface area contributed by atoms with Gasteiger partial charge < -0.3 is 9.16 Å². The molecule has 1 aromatic rings. The zero-order valence-electron chi connectivity index (χ0n) is 43.5. The average Bonchev–Trinajstić information content (AvgIpc) is 3.74. The van der Waals surface area contributed by atoms with Crippen molar-refractivity contribution < 1.29 is 14.0 Å². The molecule has 2 rings (SSSR count). The molecule has 0 amide bonds. The van der Waals surface area contributed by atoms with E-state index in [-0.39, 0.29) is 17.2 Å². The molecule has 0 saturated carbocycles. The van der Waals surface area contributed by atoms with Gasteiger partial charge in [0.05, 0.1) is 13.0 Å². The Kier molecular flexibility index (Phi) is 33.6. The predicted octanol–water partition coefficient (Wildman–Crippen LogP) is 19.1. The van der Waals surface area contributed by atoms with Gasteiger partial charge in [-0.1, -0.05) is 282 Å². The standard InChI is InChI=1S/C55H104N4O3SSi/c1-9-11-13-15-17-19-21-23-24-25-26-27-28-29-30-31-32-33-35-37-39-44-48-51(53(60)61-6)55(62-64(7,8)54(3,4)5,49-45-40-38-36-34-22-20-18-16-14-12-10-2)63-59-52(56-57-58-59)50-46-42-41-43-47-50/h41-43,46-47,51-52H,9-40,44-45,48-49H2,1-8H3,(H,56,58)/t51?,52-,55-/m1/s1. The molecule has 1 N–H and O–H groups in total. The van der Waals surface area contributed by atoms with E-state index in [2.05, 4.69) is 87.9 Å². The Morgan fingerprint density at radius 1 is 0.625 bits per heavy atom. The lowest BCUT2D eigenvalue weighted by Crippen LogP contribution is -2.55. The van der Waals surface area contributed by atoms with Gasteiger partial charge in [-0.15, -0.1) is 9.53 Å². The summed E-state index contributed by atoms with van der Waals surface area (Å²) < 4.78 is 15.4. The molecule has 0 fully saturated rings. The Morgan fingerprint density at radius 3 is 1.38 bits per heavy atom. The van der Waals surface area contributed by atoms with Crippen molar-refractivity contribution in [1.29, 1.82) is 0 Å². The Hall–Kier alpha value is -1.42. The molecule has 1 aliphatic rings. The van der Waals surface area contributed by atoms with Crippen molar-refractivity contribution in [3.8, 4) is 0 Å². The first-order chi connectivity index (χ1) is 31.0. The van der Waals surface area contributed by atoms with E-state index >= 15 is 0 Å². The van der Waals surface area contributed by atoms with Crippen molar-refractivity contribution in [2.45, 2.75) is 295 Å². The zero-order valence-corrected chi connectivity index (χ0v) is 45.3. The molecule has 1 aliphatic heterocycles. The van der Waals surface area contributed by atoms with Crippen LogP contribution in [0.1, 0.15) is 277 Å². The molecule has 0 aliphatic carbocycles. The minimum atomic E-state index is -2.38. The van der Waals surface area contributed by atoms with Crippen LogP contribution >= 0.6 is 11.9 Å². The third kappa shape index (κ3) is 25.6. The lowest BCUT2D eigenvalue weighted by Gasteiger charge is -2.49. The molecule has 7 nitrogen and oxygen atoms in total. The molecule has 1 aromatic carbocycles. The summed E-state index contributed by atoms with van der Waals surface area (Å²) >= 11 is 1.62. The van der Waals surface area contributed by atoms with Gasteiger partial charge in [-0.05, 0) is 54.9 Å². The first-order valence-electron chi connectivity index (χ1n) is 27.5. The highest BCUT2D eigenvalue weighted by molar-refractivity contribution is 7.98. The van der Waals surface area contributed by atoms with E-state index in [1.807, 2.05) is 10.5 Å². The van der Waals surface area contributed by atoms with Crippen LogP contribution in [0.4, 0.5) is 0 Å². The van der Waals surface area contributed by atoms with Gasteiger partial charge in [0.2, 0.25) is 0 Å². The number of hydrogen-bond acceptors (Lipinski definition) is 8. The summed E-state index contributed by atoms with van der Waals surface area (Å²) in [7, 11) is -0.820. The lowest BCUT2D eigenvalue weighted by molar-refractivity contribution is -0.151. The van der Waals surface area contributed by atoms with Crippen LogP contribution in [0.15, 0.2) is 40.7 Å².